The number of nitrogens with two attached hydrogens (primary N) is 1. The van der Waals surface area contributed by atoms with Crippen molar-refractivity contribution in [3.8, 4) is 16.9 Å². The van der Waals surface area contributed by atoms with Gasteiger partial charge in [0.25, 0.3) is 0 Å². The molecule has 6 nitrogen and oxygen atoms in total. The molecular formula is C17H15F3N2O4. The first-order chi connectivity index (χ1) is 12.3. The van der Waals surface area contributed by atoms with Crippen LogP contribution >= 0.6 is 0 Å². The Hall–Kier alpha value is -2.62. The van der Waals surface area contributed by atoms with Gasteiger partial charge in [-0.05, 0) is 29.3 Å². The molecule has 1 atom stereocenters. The molecule has 0 saturated carbocycles. The van der Waals surface area contributed by atoms with Crippen LogP contribution in [-0.2, 0) is 6.54 Å². The van der Waals surface area contributed by atoms with Gasteiger partial charge in [-0.3, -0.25) is 0 Å². The summed E-state index contributed by atoms with van der Waals surface area (Å²) in [4.78, 5) is 4.12. The first kappa shape index (κ1) is 18.2. The van der Waals surface area contributed by atoms with Crippen molar-refractivity contribution >= 4 is 11.1 Å². The van der Waals surface area contributed by atoms with Gasteiger partial charge in [0, 0.05) is 17.7 Å². The Balaban J connectivity index is 2.10. The van der Waals surface area contributed by atoms with E-state index in [0.29, 0.717) is 27.8 Å². The largest absolute Gasteiger partial charge is 0.573 e. The highest BCUT2D eigenvalue weighted by Gasteiger charge is 2.31. The maximum Gasteiger partial charge on any atom is 0.573 e. The highest BCUT2D eigenvalue weighted by atomic mass is 19.4. The van der Waals surface area contributed by atoms with Crippen LogP contribution in [0.25, 0.3) is 22.2 Å². The number of aliphatic hydroxyl groups is 2. The van der Waals surface area contributed by atoms with Crippen LogP contribution < -0.4 is 10.5 Å². The SMILES string of the molecule is NCc1cc(-c2ccc(OC(F)(F)F)cc2)c2ncoc2c1C(O)CO. The van der Waals surface area contributed by atoms with Crippen molar-refractivity contribution in [2.75, 3.05) is 6.61 Å². The molecule has 1 heterocycles. The molecule has 0 fully saturated rings. The zero-order valence-electron chi connectivity index (χ0n) is 13.3. The molecule has 0 aliphatic carbocycles. The van der Waals surface area contributed by atoms with E-state index in [9.17, 15) is 23.4 Å². The second kappa shape index (κ2) is 6.94. The quantitative estimate of drug-likeness (QED) is 0.640. The molecule has 4 N–H and O–H groups in total. The van der Waals surface area contributed by atoms with Gasteiger partial charge in [0.2, 0.25) is 0 Å². The number of benzene rings is 2. The Morgan fingerprint density at radius 2 is 1.92 bits per heavy atom. The van der Waals surface area contributed by atoms with Gasteiger partial charge in [0.05, 0.1) is 6.61 Å². The smallest absolute Gasteiger partial charge is 0.443 e. The van der Waals surface area contributed by atoms with Gasteiger partial charge in [-0.15, -0.1) is 13.2 Å². The molecule has 0 saturated heterocycles. The third-order valence-electron chi connectivity index (χ3n) is 3.86. The van der Waals surface area contributed by atoms with Gasteiger partial charge in [0.1, 0.15) is 17.4 Å². The predicted octanol–water partition coefficient (Wildman–Crippen LogP) is 2.88. The number of halogens is 3. The Morgan fingerprint density at radius 1 is 1.23 bits per heavy atom. The number of aliphatic hydroxyl groups excluding tert-OH is 2. The summed E-state index contributed by atoms with van der Waals surface area (Å²) in [6.45, 7) is -0.461. The standard InChI is InChI=1S/C17H15F3N2O4/c18-17(19,20)26-11-3-1-9(2-4-11)12-5-10(6-21)14(13(24)7-23)16-15(12)22-8-25-16/h1-5,8,13,23-24H,6-7,21H2. The lowest BCUT2D eigenvalue weighted by Crippen LogP contribution is -2.16. The summed E-state index contributed by atoms with van der Waals surface area (Å²) in [7, 11) is 0. The zero-order chi connectivity index (χ0) is 18.9. The number of hydrogen-bond donors (Lipinski definition) is 3. The molecule has 0 radical (unpaired) electrons. The Morgan fingerprint density at radius 3 is 2.50 bits per heavy atom. The molecule has 3 rings (SSSR count). The minimum Gasteiger partial charge on any atom is -0.443 e. The second-order valence-electron chi connectivity index (χ2n) is 5.50. The summed E-state index contributed by atoms with van der Waals surface area (Å²) in [5, 5.41) is 19.3. The summed E-state index contributed by atoms with van der Waals surface area (Å²) < 4.78 is 46.1. The van der Waals surface area contributed by atoms with Crippen molar-refractivity contribution in [2.45, 2.75) is 19.0 Å². The number of hydrogen-bond acceptors (Lipinski definition) is 6. The summed E-state index contributed by atoms with van der Waals surface area (Å²) >= 11 is 0. The van der Waals surface area contributed by atoms with Gasteiger partial charge < -0.3 is 25.1 Å². The fraction of sp³-hybridized carbons (Fsp3) is 0.235. The minimum absolute atomic E-state index is 0.0608. The van der Waals surface area contributed by atoms with Gasteiger partial charge in [-0.25, -0.2) is 4.98 Å². The van der Waals surface area contributed by atoms with Crippen LogP contribution in [0.2, 0.25) is 0 Å². The summed E-state index contributed by atoms with van der Waals surface area (Å²) in [5.41, 5.74) is 8.41. The summed E-state index contributed by atoms with van der Waals surface area (Å²) in [6, 6.07) is 6.94. The molecule has 26 heavy (non-hydrogen) atoms. The topological polar surface area (TPSA) is 102 Å². The van der Waals surface area contributed by atoms with Crippen LogP contribution in [0.15, 0.2) is 41.1 Å². The highest BCUT2D eigenvalue weighted by Crippen LogP contribution is 2.36. The molecule has 2 aromatic carbocycles. The van der Waals surface area contributed by atoms with Crippen molar-refractivity contribution in [1.82, 2.24) is 4.98 Å². The van der Waals surface area contributed by atoms with Gasteiger partial charge in [-0.2, -0.15) is 0 Å². The maximum absolute atomic E-state index is 12.3. The number of nitrogens with zero attached hydrogens (tertiary/aromatic N) is 1. The van der Waals surface area contributed by atoms with Crippen LogP contribution in [-0.4, -0.2) is 28.2 Å². The van der Waals surface area contributed by atoms with Crippen LogP contribution in [0.4, 0.5) is 13.2 Å². The molecule has 9 heteroatoms. The molecule has 0 aliphatic heterocycles. The van der Waals surface area contributed by atoms with E-state index >= 15 is 0 Å². The molecule has 1 aromatic heterocycles. The Bertz CT molecular complexity index is 907. The van der Waals surface area contributed by atoms with E-state index in [1.807, 2.05) is 0 Å². The molecule has 138 valence electrons. The average Bonchev–Trinajstić information content (AvgIpc) is 3.08. The molecular weight excluding hydrogens is 353 g/mol. The number of rotatable bonds is 5. The van der Waals surface area contributed by atoms with Crippen LogP contribution in [0.3, 0.4) is 0 Å². The van der Waals surface area contributed by atoms with Crippen LogP contribution in [0.1, 0.15) is 17.2 Å². The van der Waals surface area contributed by atoms with E-state index in [-0.39, 0.29) is 17.9 Å². The molecule has 1 unspecified atom stereocenters. The number of alkyl halides is 3. The minimum atomic E-state index is -4.77. The van der Waals surface area contributed by atoms with Crippen molar-refractivity contribution in [3.63, 3.8) is 0 Å². The Labute approximate surface area is 145 Å². The fourth-order valence-corrected chi connectivity index (χ4v) is 2.78. The van der Waals surface area contributed by atoms with Gasteiger partial charge in [0.15, 0.2) is 12.0 Å². The normalized spacial score (nSPS) is 13.2. The maximum atomic E-state index is 12.3. The fourth-order valence-electron chi connectivity index (χ4n) is 2.78. The van der Waals surface area contributed by atoms with E-state index in [2.05, 4.69) is 9.72 Å². The number of aromatic nitrogens is 1. The third kappa shape index (κ3) is 3.50. The lowest BCUT2D eigenvalue weighted by molar-refractivity contribution is -0.274. The van der Waals surface area contributed by atoms with Gasteiger partial charge in [-0.1, -0.05) is 12.1 Å². The van der Waals surface area contributed by atoms with Crippen molar-refractivity contribution in [1.29, 1.82) is 0 Å². The van der Waals surface area contributed by atoms with Crippen LogP contribution in [0, 0.1) is 0 Å². The second-order valence-corrected chi connectivity index (χ2v) is 5.50. The van der Waals surface area contributed by atoms with Crippen LogP contribution in [0.5, 0.6) is 5.75 Å². The Kier molecular flexibility index (Phi) is 4.86. The lowest BCUT2D eigenvalue weighted by Gasteiger charge is -2.15. The third-order valence-corrected chi connectivity index (χ3v) is 3.86. The van der Waals surface area contributed by atoms with E-state index in [4.69, 9.17) is 10.2 Å². The summed E-state index contributed by atoms with van der Waals surface area (Å²) in [5.74, 6) is -0.344. The van der Waals surface area contributed by atoms with E-state index in [1.54, 1.807) is 6.07 Å². The van der Waals surface area contributed by atoms with Crippen molar-refractivity contribution < 1.29 is 32.5 Å². The van der Waals surface area contributed by atoms with Gasteiger partial charge >= 0.3 is 6.36 Å². The lowest BCUT2D eigenvalue weighted by atomic mass is 9.94. The number of fused-ring (bicyclic) bond motifs is 1. The summed E-state index contributed by atoms with van der Waals surface area (Å²) in [6.07, 6.45) is -4.78. The molecule has 0 amide bonds. The molecule has 0 aliphatic rings. The van der Waals surface area contributed by atoms with E-state index < -0.39 is 19.1 Å². The van der Waals surface area contributed by atoms with Crippen molar-refractivity contribution in [2.24, 2.45) is 5.73 Å². The molecule has 0 spiro atoms. The monoisotopic (exact) mass is 368 g/mol. The first-order valence-corrected chi connectivity index (χ1v) is 7.58. The zero-order valence-corrected chi connectivity index (χ0v) is 13.3. The van der Waals surface area contributed by atoms with E-state index in [0.717, 1.165) is 0 Å². The molecule has 3 aromatic rings. The first-order valence-electron chi connectivity index (χ1n) is 7.58. The predicted molar refractivity (Wildman–Crippen MR) is 86.1 cm³/mol. The molecule has 0 bridgehead atoms. The van der Waals surface area contributed by atoms with E-state index in [1.165, 1.54) is 30.7 Å². The number of ether oxygens (including phenoxy) is 1. The number of oxazole rings is 1. The van der Waals surface area contributed by atoms with Crippen molar-refractivity contribution in [3.05, 3.63) is 47.9 Å². The highest BCUT2D eigenvalue weighted by molar-refractivity contribution is 5.93. The average molecular weight is 368 g/mol.